The lowest BCUT2D eigenvalue weighted by Crippen LogP contribution is -2.43. The summed E-state index contributed by atoms with van der Waals surface area (Å²) in [6.07, 6.45) is 0.187. The molecule has 0 heterocycles. The van der Waals surface area contributed by atoms with Crippen molar-refractivity contribution < 1.29 is 19.4 Å². The second kappa shape index (κ2) is 7.79. The Labute approximate surface area is 139 Å². The van der Waals surface area contributed by atoms with Gasteiger partial charge in [-0.3, -0.25) is 4.79 Å². The van der Waals surface area contributed by atoms with E-state index in [1.807, 2.05) is 6.07 Å². The van der Waals surface area contributed by atoms with Gasteiger partial charge in [0.05, 0.1) is 18.7 Å². The number of hydrogen-bond donors (Lipinski definition) is 2. The van der Waals surface area contributed by atoms with Gasteiger partial charge < -0.3 is 15.2 Å². The zero-order valence-electron chi connectivity index (χ0n) is 13.0. The summed E-state index contributed by atoms with van der Waals surface area (Å²) in [4.78, 5) is 24.2. The van der Waals surface area contributed by atoms with Crippen LogP contribution in [-0.4, -0.2) is 30.1 Å². The van der Waals surface area contributed by atoms with Gasteiger partial charge in [0.2, 0.25) is 0 Å². The van der Waals surface area contributed by atoms with Crippen molar-refractivity contribution in [1.29, 1.82) is 5.26 Å². The van der Waals surface area contributed by atoms with Crippen LogP contribution in [0.4, 0.5) is 0 Å². The summed E-state index contributed by atoms with van der Waals surface area (Å²) in [6.45, 7) is 0. The van der Waals surface area contributed by atoms with E-state index < -0.39 is 17.9 Å². The molecule has 0 aliphatic carbocycles. The lowest BCUT2D eigenvalue weighted by molar-refractivity contribution is -0.142. The van der Waals surface area contributed by atoms with Crippen molar-refractivity contribution in [2.24, 2.45) is 0 Å². The Hall–Kier alpha value is -3.33. The maximum Gasteiger partial charge on any atom is 0.328 e. The van der Waals surface area contributed by atoms with E-state index in [2.05, 4.69) is 5.32 Å². The first kappa shape index (κ1) is 17.0. The first-order valence-corrected chi connectivity index (χ1v) is 7.20. The van der Waals surface area contributed by atoms with Gasteiger partial charge in [0, 0.05) is 12.0 Å². The molecule has 24 heavy (non-hydrogen) atoms. The third-order valence-corrected chi connectivity index (χ3v) is 3.40. The van der Waals surface area contributed by atoms with Crippen LogP contribution in [0.2, 0.25) is 0 Å². The second-order valence-corrected chi connectivity index (χ2v) is 5.12. The van der Waals surface area contributed by atoms with Gasteiger partial charge in [0.25, 0.3) is 5.91 Å². The van der Waals surface area contributed by atoms with E-state index in [1.54, 1.807) is 24.3 Å². The average molecular weight is 324 g/mol. The molecule has 2 aromatic carbocycles. The van der Waals surface area contributed by atoms with Crippen LogP contribution in [0.5, 0.6) is 5.75 Å². The number of carbonyl (C=O) groups excluding carboxylic acids is 2. The Morgan fingerprint density at radius 2 is 2.00 bits per heavy atom. The molecule has 6 heteroatoms. The normalized spacial score (nSPS) is 11.2. The largest absolute Gasteiger partial charge is 0.508 e. The van der Waals surface area contributed by atoms with E-state index in [9.17, 15) is 14.7 Å². The van der Waals surface area contributed by atoms with Crippen LogP contribution >= 0.6 is 0 Å². The third kappa shape index (κ3) is 4.34. The molecule has 1 atom stereocenters. The first-order valence-electron chi connectivity index (χ1n) is 7.20. The maximum absolute atomic E-state index is 12.3. The highest BCUT2D eigenvalue weighted by molar-refractivity contribution is 5.97. The van der Waals surface area contributed by atoms with Crippen molar-refractivity contribution in [3.8, 4) is 11.8 Å². The number of esters is 1. The van der Waals surface area contributed by atoms with E-state index in [0.29, 0.717) is 5.56 Å². The van der Waals surface area contributed by atoms with Gasteiger partial charge in [-0.1, -0.05) is 18.2 Å². The molecule has 0 aliphatic heterocycles. The molecule has 6 nitrogen and oxygen atoms in total. The van der Waals surface area contributed by atoms with Gasteiger partial charge in [0.15, 0.2) is 0 Å². The SMILES string of the molecule is COC(=O)[C@@H](Cc1cccc(C#N)c1)NC(=O)c1cccc(O)c1. The molecular formula is C18H16N2O4. The Kier molecular flexibility index (Phi) is 5.53. The molecular weight excluding hydrogens is 308 g/mol. The van der Waals surface area contributed by atoms with Gasteiger partial charge in [-0.05, 0) is 35.9 Å². The zero-order chi connectivity index (χ0) is 17.5. The van der Waals surface area contributed by atoms with Gasteiger partial charge >= 0.3 is 5.97 Å². The minimum absolute atomic E-state index is 0.0426. The summed E-state index contributed by atoms with van der Waals surface area (Å²) in [6, 6.07) is 13.7. The molecule has 2 rings (SSSR count). The Bertz CT molecular complexity index is 796. The van der Waals surface area contributed by atoms with Crippen molar-refractivity contribution in [3.63, 3.8) is 0 Å². The molecule has 0 fully saturated rings. The smallest absolute Gasteiger partial charge is 0.328 e. The van der Waals surface area contributed by atoms with Crippen molar-refractivity contribution in [1.82, 2.24) is 5.32 Å². The lowest BCUT2D eigenvalue weighted by Gasteiger charge is -2.17. The van der Waals surface area contributed by atoms with Crippen LogP contribution < -0.4 is 5.32 Å². The minimum Gasteiger partial charge on any atom is -0.508 e. The van der Waals surface area contributed by atoms with Crippen molar-refractivity contribution >= 4 is 11.9 Å². The standard InChI is InChI=1S/C18H16N2O4/c1-24-18(23)16(9-12-4-2-5-13(8-12)11-19)20-17(22)14-6-3-7-15(21)10-14/h2-8,10,16,21H,9H2,1H3,(H,20,22)/t16-/m1/s1. The van der Waals surface area contributed by atoms with Gasteiger partial charge in [-0.2, -0.15) is 5.26 Å². The zero-order valence-corrected chi connectivity index (χ0v) is 13.0. The van der Waals surface area contributed by atoms with Gasteiger partial charge in [-0.15, -0.1) is 0 Å². The number of nitrogens with zero attached hydrogens (tertiary/aromatic N) is 1. The summed E-state index contributed by atoms with van der Waals surface area (Å²) >= 11 is 0. The molecule has 0 saturated carbocycles. The average Bonchev–Trinajstić information content (AvgIpc) is 2.60. The minimum atomic E-state index is -0.904. The van der Waals surface area contributed by atoms with Crippen LogP contribution in [-0.2, 0) is 16.0 Å². The Balaban J connectivity index is 2.18. The van der Waals surface area contributed by atoms with E-state index in [-0.39, 0.29) is 17.7 Å². The molecule has 0 unspecified atom stereocenters. The predicted octanol–water partition coefficient (Wildman–Crippen LogP) is 1.78. The molecule has 0 radical (unpaired) electrons. The number of benzene rings is 2. The molecule has 0 aromatic heterocycles. The fourth-order valence-corrected chi connectivity index (χ4v) is 2.23. The van der Waals surface area contributed by atoms with E-state index in [0.717, 1.165) is 5.56 Å². The summed E-state index contributed by atoms with van der Waals surface area (Å²) < 4.78 is 4.73. The quantitative estimate of drug-likeness (QED) is 0.817. The molecule has 0 spiro atoms. The van der Waals surface area contributed by atoms with Crippen LogP contribution in [0, 0.1) is 11.3 Å². The monoisotopic (exact) mass is 324 g/mol. The number of ether oxygens (including phenoxy) is 1. The highest BCUT2D eigenvalue weighted by Gasteiger charge is 2.23. The molecule has 0 aliphatic rings. The number of rotatable bonds is 5. The summed E-state index contributed by atoms with van der Waals surface area (Å²) in [7, 11) is 1.24. The summed E-state index contributed by atoms with van der Waals surface area (Å²) in [5.41, 5.74) is 1.42. The number of nitrogens with one attached hydrogen (secondary N) is 1. The number of amides is 1. The Morgan fingerprint density at radius 1 is 1.25 bits per heavy atom. The van der Waals surface area contributed by atoms with Crippen LogP contribution in [0.3, 0.4) is 0 Å². The molecule has 1 amide bonds. The fourth-order valence-electron chi connectivity index (χ4n) is 2.23. The summed E-state index contributed by atoms with van der Waals surface area (Å²) in [5.74, 6) is -1.14. The second-order valence-electron chi connectivity index (χ2n) is 5.12. The fraction of sp³-hybridized carbons (Fsp3) is 0.167. The lowest BCUT2D eigenvalue weighted by atomic mass is 10.0. The van der Waals surface area contributed by atoms with E-state index in [4.69, 9.17) is 10.00 Å². The van der Waals surface area contributed by atoms with Crippen molar-refractivity contribution in [2.75, 3.05) is 7.11 Å². The van der Waals surface area contributed by atoms with Crippen molar-refractivity contribution in [2.45, 2.75) is 12.5 Å². The molecule has 0 saturated heterocycles. The molecule has 2 aromatic rings. The highest BCUT2D eigenvalue weighted by Crippen LogP contribution is 2.12. The number of nitriles is 1. The van der Waals surface area contributed by atoms with Crippen LogP contribution in [0.25, 0.3) is 0 Å². The van der Waals surface area contributed by atoms with Gasteiger partial charge in [0.1, 0.15) is 11.8 Å². The van der Waals surface area contributed by atoms with Crippen molar-refractivity contribution in [3.05, 3.63) is 65.2 Å². The van der Waals surface area contributed by atoms with Crippen LogP contribution in [0.1, 0.15) is 21.5 Å². The third-order valence-electron chi connectivity index (χ3n) is 3.40. The molecule has 122 valence electrons. The number of phenolic OH excluding ortho intramolecular Hbond substituents is 1. The number of aromatic hydroxyl groups is 1. The Morgan fingerprint density at radius 3 is 2.67 bits per heavy atom. The molecule has 2 N–H and O–H groups in total. The topological polar surface area (TPSA) is 99.4 Å². The van der Waals surface area contributed by atoms with E-state index >= 15 is 0 Å². The molecule has 0 bridgehead atoms. The number of carbonyl (C=O) groups is 2. The number of methoxy groups -OCH3 is 1. The van der Waals surface area contributed by atoms with Gasteiger partial charge in [-0.25, -0.2) is 4.79 Å². The predicted molar refractivity (Wildman–Crippen MR) is 86.2 cm³/mol. The summed E-state index contributed by atoms with van der Waals surface area (Å²) in [5, 5.41) is 21.0. The highest BCUT2D eigenvalue weighted by atomic mass is 16.5. The maximum atomic E-state index is 12.3. The van der Waals surface area contributed by atoms with E-state index in [1.165, 1.54) is 31.4 Å². The first-order chi connectivity index (χ1) is 11.5. The number of phenols is 1. The number of hydrogen-bond acceptors (Lipinski definition) is 5. The van der Waals surface area contributed by atoms with Crippen LogP contribution in [0.15, 0.2) is 48.5 Å².